The van der Waals surface area contributed by atoms with Crippen molar-refractivity contribution in [3.05, 3.63) is 34.6 Å². The van der Waals surface area contributed by atoms with Crippen LogP contribution in [0.2, 0.25) is 5.02 Å². The first-order chi connectivity index (χ1) is 7.54. The highest BCUT2D eigenvalue weighted by atomic mass is 35.5. The highest BCUT2D eigenvalue weighted by Gasteiger charge is 2.11. The molecule has 2 N–H and O–H groups in total. The van der Waals surface area contributed by atoms with Crippen LogP contribution >= 0.6 is 11.6 Å². The molecule has 0 aliphatic carbocycles. The maximum Gasteiger partial charge on any atom is 0.218 e. The number of rotatable bonds is 2. The zero-order valence-electron chi connectivity index (χ0n) is 8.42. The molecule has 0 aromatic heterocycles. The average Bonchev–Trinajstić information content (AvgIpc) is 2.21. The van der Waals surface area contributed by atoms with Gasteiger partial charge in [0.2, 0.25) is 5.91 Å². The van der Waals surface area contributed by atoms with Gasteiger partial charge in [-0.3, -0.25) is 4.79 Å². The highest BCUT2D eigenvalue weighted by molar-refractivity contribution is 6.30. The number of carbonyl (C=O) groups excluding carboxylic acids is 1. The predicted molar refractivity (Wildman–Crippen MR) is 57.7 cm³/mol. The van der Waals surface area contributed by atoms with E-state index in [-0.39, 0.29) is 10.9 Å². The highest BCUT2D eigenvalue weighted by Crippen LogP contribution is 2.20. The molecule has 0 aliphatic rings. The Bertz CT molecular complexity index is 465. The molecule has 84 valence electrons. The molecule has 1 aromatic rings. The van der Waals surface area contributed by atoms with E-state index in [9.17, 15) is 9.18 Å². The third-order valence-corrected chi connectivity index (χ3v) is 2.12. The van der Waals surface area contributed by atoms with Crippen LogP contribution in [0.5, 0.6) is 0 Å². The van der Waals surface area contributed by atoms with E-state index in [1.165, 1.54) is 25.1 Å². The standard InChI is InChI=1S/C11H9ClFNO2/c1-7(16)14-11(4-5-15)8-2-3-10(13)9(12)6-8/h2-3,6,11,15H,1H3,(H,14,16). The zero-order valence-corrected chi connectivity index (χ0v) is 9.18. The monoisotopic (exact) mass is 241 g/mol. The smallest absolute Gasteiger partial charge is 0.218 e. The molecule has 0 fully saturated rings. The molecule has 16 heavy (non-hydrogen) atoms. The quantitative estimate of drug-likeness (QED) is 0.778. The van der Waals surface area contributed by atoms with Gasteiger partial charge in [-0.25, -0.2) is 4.39 Å². The van der Waals surface area contributed by atoms with Gasteiger partial charge in [-0.1, -0.05) is 17.7 Å². The first-order valence-electron chi connectivity index (χ1n) is 4.41. The van der Waals surface area contributed by atoms with Gasteiger partial charge in [0, 0.05) is 6.92 Å². The topological polar surface area (TPSA) is 49.3 Å². The Morgan fingerprint density at radius 2 is 2.31 bits per heavy atom. The van der Waals surface area contributed by atoms with Crippen LogP contribution < -0.4 is 5.32 Å². The van der Waals surface area contributed by atoms with Crippen molar-refractivity contribution in [2.45, 2.75) is 13.0 Å². The molecular formula is C11H9ClFNO2. The van der Waals surface area contributed by atoms with E-state index in [0.717, 1.165) is 0 Å². The number of amides is 1. The van der Waals surface area contributed by atoms with Gasteiger partial charge in [0.15, 0.2) is 0 Å². The number of aliphatic hydroxyl groups is 1. The van der Waals surface area contributed by atoms with Crippen LogP contribution in [-0.2, 0) is 4.79 Å². The van der Waals surface area contributed by atoms with Gasteiger partial charge in [0.1, 0.15) is 18.0 Å². The summed E-state index contributed by atoms with van der Waals surface area (Å²) in [6.45, 7) is 1.32. The van der Waals surface area contributed by atoms with Crippen LogP contribution in [0.4, 0.5) is 4.39 Å². The summed E-state index contributed by atoms with van der Waals surface area (Å²) in [6.07, 6.45) is 1.70. The van der Waals surface area contributed by atoms with Crippen molar-refractivity contribution in [2.75, 3.05) is 0 Å². The molecular weight excluding hydrogens is 233 g/mol. The van der Waals surface area contributed by atoms with Gasteiger partial charge >= 0.3 is 0 Å². The average molecular weight is 242 g/mol. The molecule has 1 aromatic carbocycles. The number of aliphatic hydroxyl groups excluding tert-OH is 1. The minimum Gasteiger partial charge on any atom is -0.462 e. The number of carbonyl (C=O) groups is 1. The van der Waals surface area contributed by atoms with Gasteiger partial charge in [-0.05, 0) is 23.6 Å². The Labute approximate surface area is 97.2 Å². The molecule has 0 aliphatic heterocycles. The lowest BCUT2D eigenvalue weighted by atomic mass is 10.1. The summed E-state index contributed by atoms with van der Waals surface area (Å²) < 4.78 is 12.9. The molecule has 3 nitrogen and oxygen atoms in total. The summed E-state index contributed by atoms with van der Waals surface area (Å²) in [6, 6.07) is 3.25. The first kappa shape index (κ1) is 12.3. The van der Waals surface area contributed by atoms with Crippen LogP contribution in [0.25, 0.3) is 0 Å². The number of hydrogen-bond acceptors (Lipinski definition) is 2. The van der Waals surface area contributed by atoms with Gasteiger partial charge < -0.3 is 10.4 Å². The third kappa shape index (κ3) is 3.14. The lowest BCUT2D eigenvalue weighted by Crippen LogP contribution is -2.24. The largest absolute Gasteiger partial charge is 0.462 e. The Kier molecular flexibility index (Phi) is 4.15. The van der Waals surface area contributed by atoms with Crippen LogP contribution in [0.15, 0.2) is 18.2 Å². The lowest BCUT2D eigenvalue weighted by Gasteiger charge is -2.12. The van der Waals surface area contributed by atoms with E-state index in [1.54, 1.807) is 6.11 Å². The fourth-order valence-electron chi connectivity index (χ4n) is 1.16. The Morgan fingerprint density at radius 1 is 1.62 bits per heavy atom. The van der Waals surface area contributed by atoms with E-state index in [1.807, 2.05) is 0 Å². The molecule has 1 atom stereocenters. The Hall–Kier alpha value is -1.73. The van der Waals surface area contributed by atoms with Crippen molar-refractivity contribution in [1.29, 1.82) is 0 Å². The van der Waals surface area contributed by atoms with Crippen molar-refractivity contribution in [3.8, 4) is 12.0 Å². The summed E-state index contributed by atoms with van der Waals surface area (Å²) in [7, 11) is 0. The number of halogens is 2. The normalized spacial score (nSPS) is 11.2. The second kappa shape index (κ2) is 5.38. The Morgan fingerprint density at radius 3 is 2.81 bits per heavy atom. The van der Waals surface area contributed by atoms with E-state index in [0.29, 0.717) is 5.56 Å². The van der Waals surface area contributed by atoms with Crippen LogP contribution in [0.3, 0.4) is 0 Å². The first-order valence-corrected chi connectivity index (χ1v) is 4.79. The summed E-state index contributed by atoms with van der Waals surface area (Å²) in [4.78, 5) is 10.9. The fourth-order valence-corrected chi connectivity index (χ4v) is 1.35. The fraction of sp³-hybridized carbons (Fsp3) is 0.182. The van der Waals surface area contributed by atoms with E-state index in [4.69, 9.17) is 16.7 Å². The molecule has 0 heterocycles. The summed E-state index contributed by atoms with van der Waals surface area (Å²) in [5.41, 5.74) is 0.503. The van der Waals surface area contributed by atoms with Crippen molar-refractivity contribution in [2.24, 2.45) is 0 Å². The zero-order chi connectivity index (χ0) is 12.1. The molecule has 0 bridgehead atoms. The Balaban J connectivity index is 3.04. The minimum atomic E-state index is -0.708. The SMILES string of the molecule is CC(=O)NC(C#CO)c1ccc(F)c(Cl)c1. The maximum atomic E-state index is 12.9. The molecule has 1 amide bonds. The van der Waals surface area contributed by atoms with Crippen molar-refractivity contribution in [3.63, 3.8) is 0 Å². The van der Waals surface area contributed by atoms with Crippen molar-refractivity contribution < 1.29 is 14.3 Å². The van der Waals surface area contributed by atoms with E-state index < -0.39 is 11.9 Å². The second-order valence-electron chi connectivity index (χ2n) is 3.06. The van der Waals surface area contributed by atoms with Gasteiger partial charge in [-0.15, -0.1) is 0 Å². The van der Waals surface area contributed by atoms with Gasteiger partial charge in [-0.2, -0.15) is 0 Å². The molecule has 0 radical (unpaired) electrons. The molecule has 5 heteroatoms. The molecule has 0 spiro atoms. The van der Waals surface area contributed by atoms with Gasteiger partial charge in [0.05, 0.1) is 5.02 Å². The van der Waals surface area contributed by atoms with Crippen LogP contribution in [0, 0.1) is 17.8 Å². The minimum absolute atomic E-state index is 0.0624. The third-order valence-electron chi connectivity index (χ3n) is 1.83. The molecule has 1 unspecified atom stereocenters. The van der Waals surface area contributed by atoms with Crippen LogP contribution in [-0.4, -0.2) is 11.0 Å². The van der Waals surface area contributed by atoms with Crippen molar-refractivity contribution in [1.82, 2.24) is 5.32 Å². The molecule has 1 rings (SSSR count). The number of benzene rings is 1. The summed E-state index contributed by atoms with van der Waals surface area (Å²) >= 11 is 5.60. The predicted octanol–water partition coefficient (Wildman–Crippen LogP) is 1.99. The van der Waals surface area contributed by atoms with E-state index >= 15 is 0 Å². The molecule has 0 saturated carbocycles. The summed E-state index contributed by atoms with van der Waals surface area (Å²) in [5.74, 6) is 1.51. The van der Waals surface area contributed by atoms with Gasteiger partial charge in [0.25, 0.3) is 0 Å². The summed E-state index contributed by atoms with van der Waals surface area (Å²) in [5, 5.41) is 10.9. The maximum absolute atomic E-state index is 12.9. The number of nitrogens with one attached hydrogen (secondary N) is 1. The number of hydrogen-bond donors (Lipinski definition) is 2. The molecule has 0 saturated heterocycles. The van der Waals surface area contributed by atoms with Crippen molar-refractivity contribution >= 4 is 17.5 Å². The van der Waals surface area contributed by atoms with E-state index in [2.05, 4.69) is 11.2 Å². The lowest BCUT2D eigenvalue weighted by molar-refractivity contribution is -0.119. The second-order valence-corrected chi connectivity index (χ2v) is 3.47. The van der Waals surface area contributed by atoms with Crippen LogP contribution in [0.1, 0.15) is 18.5 Å².